The molecule has 2 N–H and O–H groups in total. The van der Waals surface area contributed by atoms with Gasteiger partial charge in [0.1, 0.15) is 18.1 Å². The van der Waals surface area contributed by atoms with Crippen LogP contribution >= 0.6 is 11.8 Å². The Hall–Kier alpha value is -3.82. The Morgan fingerprint density at radius 1 is 1.08 bits per heavy atom. The lowest BCUT2D eigenvalue weighted by Gasteiger charge is -2.29. The molecule has 0 aliphatic carbocycles. The molecule has 3 aromatic rings. The SMILES string of the molecule is CCOC(Cc1ccc(OCCN2C(=O)CSc3cc(/C(=N/O)c4ccccc4)ccc32)cc1)C(=O)O. The van der Waals surface area contributed by atoms with E-state index in [4.69, 9.17) is 9.47 Å². The predicted molar refractivity (Wildman–Crippen MR) is 142 cm³/mol. The van der Waals surface area contributed by atoms with Gasteiger partial charge in [0.25, 0.3) is 0 Å². The molecule has 0 aromatic heterocycles. The molecule has 37 heavy (non-hydrogen) atoms. The number of nitrogens with zero attached hydrogens (tertiary/aromatic N) is 2. The summed E-state index contributed by atoms with van der Waals surface area (Å²) < 4.78 is 11.1. The standard InChI is InChI=1S/C28H28N2O6S/c1-2-35-24(28(32)33)16-19-8-11-22(12-9-19)36-15-14-30-23-13-10-21(17-25(23)37-18-26(30)31)27(29-34)20-6-4-3-5-7-20/h3-13,17,24,34H,2,14-16,18H2,1H3,(H,32,33)/b29-27+. The number of carbonyl (C=O) groups is 2. The quantitative estimate of drug-likeness (QED) is 0.218. The maximum absolute atomic E-state index is 12.7. The highest BCUT2D eigenvalue weighted by Crippen LogP contribution is 2.36. The van der Waals surface area contributed by atoms with Crippen molar-refractivity contribution in [2.75, 3.05) is 30.4 Å². The van der Waals surface area contributed by atoms with Gasteiger partial charge in [0.2, 0.25) is 5.91 Å². The Bertz CT molecular complexity index is 1260. The van der Waals surface area contributed by atoms with Gasteiger partial charge in [-0.25, -0.2) is 4.79 Å². The highest BCUT2D eigenvalue weighted by Gasteiger charge is 2.25. The molecule has 9 heteroatoms. The van der Waals surface area contributed by atoms with Crippen molar-refractivity contribution in [2.45, 2.75) is 24.3 Å². The second-order valence-electron chi connectivity index (χ2n) is 8.31. The minimum absolute atomic E-state index is 0.000979. The van der Waals surface area contributed by atoms with Gasteiger partial charge in [0.05, 0.1) is 18.0 Å². The Morgan fingerprint density at radius 2 is 1.84 bits per heavy atom. The maximum atomic E-state index is 12.7. The number of hydrogen-bond acceptors (Lipinski definition) is 7. The first kappa shape index (κ1) is 26.2. The maximum Gasteiger partial charge on any atom is 0.333 e. The van der Waals surface area contributed by atoms with Crippen LogP contribution in [0, 0.1) is 0 Å². The van der Waals surface area contributed by atoms with E-state index in [1.54, 1.807) is 24.0 Å². The van der Waals surface area contributed by atoms with Crippen molar-refractivity contribution in [1.82, 2.24) is 0 Å². The normalized spacial score (nSPS) is 14.2. The number of carboxylic acids is 1. The van der Waals surface area contributed by atoms with Gasteiger partial charge < -0.3 is 24.7 Å². The molecule has 0 spiro atoms. The fraction of sp³-hybridized carbons (Fsp3) is 0.250. The fourth-order valence-electron chi connectivity index (χ4n) is 4.08. The van der Waals surface area contributed by atoms with Crippen LogP contribution in [0.1, 0.15) is 23.6 Å². The van der Waals surface area contributed by atoms with Gasteiger partial charge in [-0.05, 0) is 36.8 Å². The first-order valence-electron chi connectivity index (χ1n) is 11.9. The molecule has 1 heterocycles. The number of ether oxygens (including phenoxy) is 2. The largest absolute Gasteiger partial charge is 0.492 e. The predicted octanol–water partition coefficient (Wildman–Crippen LogP) is 4.46. The summed E-state index contributed by atoms with van der Waals surface area (Å²) in [5, 5.41) is 22.4. The third kappa shape index (κ3) is 6.49. The number of fused-ring (bicyclic) bond motifs is 1. The molecule has 1 aliphatic rings. The minimum atomic E-state index is -0.987. The molecular formula is C28H28N2O6S. The first-order chi connectivity index (χ1) is 18.0. The lowest BCUT2D eigenvalue weighted by Crippen LogP contribution is -2.38. The van der Waals surface area contributed by atoms with Gasteiger partial charge in [-0.3, -0.25) is 4.79 Å². The van der Waals surface area contributed by atoms with E-state index in [9.17, 15) is 19.9 Å². The van der Waals surface area contributed by atoms with Crippen molar-refractivity contribution < 1.29 is 29.4 Å². The van der Waals surface area contributed by atoms with E-state index in [0.29, 0.717) is 37.0 Å². The van der Waals surface area contributed by atoms with Gasteiger partial charge in [-0.2, -0.15) is 0 Å². The van der Waals surface area contributed by atoms with E-state index in [1.807, 2.05) is 60.7 Å². The lowest BCUT2D eigenvalue weighted by molar-refractivity contribution is -0.149. The third-order valence-corrected chi connectivity index (χ3v) is 6.92. The topological polar surface area (TPSA) is 109 Å². The minimum Gasteiger partial charge on any atom is -0.492 e. The zero-order valence-electron chi connectivity index (χ0n) is 20.4. The van der Waals surface area contributed by atoms with Crippen LogP contribution < -0.4 is 9.64 Å². The number of hydrogen-bond donors (Lipinski definition) is 2. The zero-order chi connectivity index (χ0) is 26.2. The molecule has 0 fully saturated rings. The summed E-state index contributed by atoms with van der Waals surface area (Å²) in [6, 6.07) is 22.3. The summed E-state index contributed by atoms with van der Waals surface area (Å²) in [5.74, 6) is -0.0435. The lowest BCUT2D eigenvalue weighted by atomic mass is 10.0. The molecule has 1 amide bonds. The van der Waals surface area contributed by atoms with Crippen molar-refractivity contribution >= 4 is 35.0 Å². The molecule has 192 valence electrons. The second-order valence-corrected chi connectivity index (χ2v) is 9.33. The number of oxime groups is 1. The number of rotatable bonds is 11. The van der Waals surface area contributed by atoms with Gasteiger partial charge >= 0.3 is 5.97 Å². The Balaban J connectivity index is 1.40. The monoisotopic (exact) mass is 520 g/mol. The molecule has 3 aromatic carbocycles. The Morgan fingerprint density at radius 3 is 2.51 bits per heavy atom. The van der Waals surface area contributed by atoms with E-state index < -0.39 is 12.1 Å². The summed E-state index contributed by atoms with van der Waals surface area (Å²) in [7, 11) is 0. The summed E-state index contributed by atoms with van der Waals surface area (Å²) in [6.07, 6.45) is -0.609. The zero-order valence-corrected chi connectivity index (χ0v) is 21.2. The molecule has 0 saturated carbocycles. The second kappa shape index (κ2) is 12.4. The highest BCUT2D eigenvalue weighted by atomic mass is 32.2. The molecule has 8 nitrogen and oxygen atoms in total. The molecule has 4 rings (SSSR count). The summed E-state index contributed by atoms with van der Waals surface area (Å²) in [5.41, 5.74) is 3.66. The van der Waals surface area contributed by atoms with E-state index in [0.717, 1.165) is 27.3 Å². The van der Waals surface area contributed by atoms with Crippen LogP contribution in [0.5, 0.6) is 5.75 Å². The number of benzene rings is 3. The van der Waals surface area contributed by atoms with Crippen LogP contribution in [0.2, 0.25) is 0 Å². The number of thioether (sulfide) groups is 1. The molecule has 1 aliphatic heterocycles. The van der Waals surface area contributed by atoms with Crippen molar-refractivity contribution in [1.29, 1.82) is 0 Å². The number of amides is 1. The first-order valence-corrected chi connectivity index (χ1v) is 12.9. The average Bonchev–Trinajstić information content (AvgIpc) is 2.91. The van der Waals surface area contributed by atoms with Gasteiger partial charge in [-0.1, -0.05) is 53.7 Å². The average molecular weight is 521 g/mol. The van der Waals surface area contributed by atoms with Crippen molar-refractivity contribution in [2.24, 2.45) is 5.16 Å². The van der Waals surface area contributed by atoms with Crippen LogP contribution in [0.4, 0.5) is 5.69 Å². The Labute approximate surface area is 219 Å². The highest BCUT2D eigenvalue weighted by molar-refractivity contribution is 8.00. The van der Waals surface area contributed by atoms with E-state index in [2.05, 4.69) is 5.16 Å². The van der Waals surface area contributed by atoms with Gasteiger partial charge in [0.15, 0.2) is 6.10 Å². The summed E-state index contributed by atoms with van der Waals surface area (Å²) in [4.78, 5) is 26.6. The van der Waals surface area contributed by atoms with Crippen LogP contribution in [-0.4, -0.2) is 59.5 Å². The molecule has 1 unspecified atom stereocenters. The van der Waals surface area contributed by atoms with Crippen molar-refractivity contribution in [3.63, 3.8) is 0 Å². The number of carboxylic acid groups (broad SMARTS) is 1. The Kier molecular flexibility index (Phi) is 8.81. The van der Waals surface area contributed by atoms with Gasteiger partial charge in [-0.15, -0.1) is 11.8 Å². The summed E-state index contributed by atoms with van der Waals surface area (Å²) >= 11 is 1.46. The number of carbonyl (C=O) groups excluding carboxylic acids is 1. The number of anilines is 1. The van der Waals surface area contributed by atoms with Gasteiger partial charge in [0, 0.05) is 29.1 Å². The van der Waals surface area contributed by atoms with Crippen LogP contribution in [0.15, 0.2) is 82.8 Å². The fourth-order valence-corrected chi connectivity index (χ4v) is 5.06. The molecular weight excluding hydrogens is 492 g/mol. The smallest absolute Gasteiger partial charge is 0.333 e. The van der Waals surface area contributed by atoms with Crippen LogP contribution in [0.3, 0.4) is 0 Å². The van der Waals surface area contributed by atoms with Crippen LogP contribution in [-0.2, 0) is 20.7 Å². The van der Waals surface area contributed by atoms with Crippen LogP contribution in [0.25, 0.3) is 0 Å². The summed E-state index contributed by atoms with van der Waals surface area (Å²) in [6.45, 7) is 2.76. The molecule has 0 bridgehead atoms. The van der Waals surface area contributed by atoms with E-state index >= 15 is 0 Å². The molecule has 1 atom stereocenters. The van der Waals surface area contributed by atoms with E-state index in [-0.39, 0.29) is 12.3 Å². The molecule has 0 radical (unpaired) electrons. The molecule has 0 saturated heterocycles. The van der Waals surface area contributed by atoms with Crippen molar-refractivity contribution in [3.05, 3.63) is 89.5 Å². The third-order valence-electron chi connectivity index (χ3n) is 5.89. The van der Waals surface area contributed by atoms with Crippen molar-refractivity contribution in [3.8, 4) is 5.75 Å². The van der Waals surface area contributed by atoms with E-state index in [1.165, 1.54) is 11.8 Å². The number of aliphatic carboxylic acids is 1.